The highest BCUT2D eigenvalue weighted by atomic mass is 16.4. The highest BCUT2D eigenvalue weighted by Crippen LogP contribution is 2.43. The van der Waals surface area contributed by atoms with Gasteiger partial charge in [0, 0.05) is 17.4 Å². The molecule has 124 valence electrons. The largest absolute Gasteiger partial charge is 0.504 e. The van der Waals surface area contributed by atoms with Crippen LogP contribution in [-0.2, 0) is 11.2 Å². The molecule has 3 rings (SSSR count). The van der Waals surface area contributed by atoms with Gasteiger partial charge in [-0.2, -0.15) is 0 Å². The summed E-state index contributed by atoms with van der Waals surface area (Å²) in [5, 5.41) is 38.9. The van der Waals surface area contributed by atoms with Crippen LogP contribution in [0.4, 0.5) is 0 Å². The summed E-state index contributed by atoms with van der Waals surface area (Å²) in [4.78, 5) is 22.4. The summed E-state index contributed by atoms with van der Waals surface area (Å²) in [7, 11) is 0. The van der Waals surface area contributed by atoms with E-state index in [0.29, 0.717) is 29.4 Å². The van der Waals surface area contributed by atoms with E-state index in [2.05, 4.69) is 0 Å². The maximum absolute atomic E-state index is 11.6. The van der Waals surface area contributed by atoms with Crippen LogP contribution in [0.15, 0.2) is 33.5 Å². The monoisotopic (exact) mass is 330 g/mol. The third-order valence-corrected chi connectivity index (χ3v) is 3.88. The van der Waals surface area contributed by atoms with Crippen molar-refractivity contribution < 1.29 is 29.6 Å². The number of carbonyl (C=O) groups is 1. The summed E-state index contributed by atoms with van der Waals surface area (Å²) in [5.41, 5.74) is 0.364. The molecule has 0 saturated carbocycles. The van der Waals surface area contributed by atoms with Crippen LogP contribution < -0.4 is 5.43 Å². The van der Waals surface area contributed by atoms with E-state index in [0.717, 1.165) is 0 Å². The molecule has 0 bridgehead atoms. The van der Waals surface area contributed by atoms with Crippen LogP contribution in [0.2, 0.25) is 0 Å². The molecule has 0 fully saturated rings. The van der Waals surface area contributed by atoms with Crippen LogP contribution in [0, 0.1) is 0 Å². The molecule has 1 aliphatic heterocycles. The Morgan fingerprint density at radius 3 is 2.50 bits per heavy atom. The molecule has 0 unspecified atom stereocenters. The van der Waals surface area contributed by atoms with Crippen molar-refractivity contribution in [3.63, 3.8) is 0 Å². The van der Waals surface area contributed by atoms with Crippen molar-refractivity contribution in [1.29, 1.82) is 0 Å². The van der Waals surface area contributed by atoms with Crippen molar-refractivity contribution >= 4 is 16.9 Å². The number of aromatic hydroxyl groups is 3. The molecule has 2 aliphatic rings. The lowest BCUT2D eigenvalue weighted by atomic mass is 9.94. The van der Waals surface area contributed by atoms with Crippen molar-refractivity contribution in [2.75, 3.05) is 0 Å². The molecule has 1 heterocycles. The number of hydrogen-bond donors (Lipinski definition) is 4. The van der Waals surface area contributed by atoms with Crippen LogP contribution in [-0.4, -0.2) is 26.4 Å². The molecule has 1 aliphatic carbocycles. The Labute approximate surface area is 135 Å². The summed E-state index contributed by atoms with van der Waals surface area (Å²) >= 11 is 0. The van der Waals surface area contributed by atoms with Gasteiger partial charge in [-0.25, -0.2) is 0 Å². The van der Waals surface area contributed by atoms with Crippen LogP contribution in [0.1, 0.15) is 18.4 Å². The van der Waals surface area contributed by atoms with Crippen molar-refractivity contribution in [3.05, 3.63) is 40.1 Å². The summed E-state index contributed by atoms with van der Waals surface area (Å²) < 4.78 is 5.46. The highest BCUT2D eigenvalue weighted by molar-refractivity contribution is 5.93. The number of benzene rings is 2. The molecule has 4 N–H and O–H groups in total. The third-order valence-electron chi connectivity index (χ3n) is 3.88. The van der Waals surface area contributed by atoms with Gasteiger partial charge in [0.1, 0.15) is 0 Å². The second-order valence-electron chi connectivity index (χ2n) is 5.43. The quantitative estimate of drug-likeness (QED) is 0.427. The zero-order valence-electron chi connectivity index (χ0n) is 12.4. The molecule has 7 heteroatoms. The average molecular weight is 330 g/mol. The predicted octanol–water partition coefficient (Wildman–Crippen LogP) is 2.42. The topological polar surface area (TPSA) is 128 Å². The van der Waals surface area contributed by atoms with Gasteiger partial charge in [-0.15, -0.1) is 0 Å². The van der Waals surface area contributed by atoms with Crippen LogP contribution >= 0.6 is 0 Å². The van der Waals surface area contributed by atoms with E-state index < -0.39 is 28.6 Å². The molecule has 0 radical (unpaired) electrons. The minimum atomic E-state index is -0.936. The Kier molecular flexibility index (Phi) is 3.76. The van der Waals surface area contributed by atoms with Gasteiger partial charge in [-0.05, 0) is 42.7 Å². The zero-order chi connectivity index (χ0) is 17.4. The van der Waals surface area contributed by atoms with Gasteiger partial charge >= 0.3 is 5.97 Å². The van der Waals surface area contributed by atoms with E-state index in [1.54, 1.807) is 0 Å². The summed E-state index contributed by atoms with van der Waals surface area (Å²) in [5.74, 6) is -2.56. The fourth-order valence-corrected chi connectivity index (χ4v) is 2.73. The number of fused-ring (bicyclic) bond motifs is 2. The molecule has 0 amide bonds. The first-order valence-corrected chi connectivity index (χ1v) is 7.24. The lowest BCUT2D eigenvalue weighted by Crippen LogP contribution is -2.04. The molecule has 1 aromatic carbocycles. The first-order chi connectivity index (χ1) is 11.4. The van der Waals surface area contributed by atoms with Crippen molar-refractivity contribution in [2.24, 2.45) is 0 Å². The van der Waals surface area contributed by atoms with Crippen LogP contribution in [0.25, 0.3) is 22.3 Å². The number of hydrogen-bond acceptors (Lipinski definition) is 6. The maximum Gasteiger partial charge on any atom is 0.303 e. The predicted molar refractivity (Wildman–Crippen MR) is 84.7 cm³/mol. The fourth-order valence-electron chi connectivity index (χ4n) is 2.73. The van der Waals surface area contributed by atoms with Crippen molar-refractivity contribution in [1.82, 2.24) is 0 Å². The minimum absolute atomic E-state index is 0.0509. The van der Waals surface area contributed by atoms with E-state index in [1.165, 1.54) is 24.3 Å². The number of rotatable bonds is 4. The summed E-state index contributed by atoms with van der Waals surface area (Å²) in [6.07, 6.45) is 0.604. The summed E-state index contributed by atoms with van der Waals surface area (Å²) in [6.45, 7) is 0. The first-order valence-electron chi connectivity index (χ1n) is 7.24. The van der Waals surface area contributed by atoms with E-state index in [-0.39, 0.29) is 17.8 Å². The van der Waals surface area contributed by atoms with Gasteiger partial charge in [0.05, 0.1) is 0 Å². The van der Waals surface area contributed by atoms with Crippen molar-refractivity contribution in [2.45, 2.75) is 19.3 Å². The number of aryl methyl sites for hydroxylation is 1. The van der Waals surface area contributed by atoms with Gasteiger partial charge in [-0.3, -0.25) is 9.59 Å². The van der Waals surface area contributed by atoms with E-state index in [1.807, 2.05) is 0 Å². The Bertz CT molecular complexity index is 971. The zero-order valence-corrected chi connectivity index (χ0v) is 12.4. The Hall–Kier alpha value is -3.22. The van der Waals surface area contributed by atoms with Crippen molar-refractivity contribution in [3.8, 4) is 28.6 Å². The Balaban J connectivity index is 2.31. The minimum Gasteiger partial charge on any atom is -0.504 e. The molecular weight excluding hydrogens is 316 g/mol. The van der Waals surface area contributed by atoms with E-state index in [4.69, 9.17) is 9.52 Å². The molecule has 0 saturated heterocycles. The molecule has 0 aromatic heterocycles. The standard InChI is InChI=1S/C17H14O7/c18-11-6-4-9-8(2-1-3-13(20)21)10-5-7-12(19)15(23)17(10)24-16(9)14(11)22/h4-7,18,22-23H,1-3H2,(H,20,21). The molecule has 7 nitrogen and oxygen atoms in total. The Morgan fingerprint density at radius 2 is 1.79 bits per heavy atom. The molecular formula is C17H14O7. The molecule has 1 aromatic rings. The van der Waals surface area contributed by atoms with E-state index in [9.17, 15) is 24.9 Å². The van der Waals surface area contributed by atoms with Gasteiger partial charge in [0.25, 0.3) is 0 Å². The normalized spacial score (nSPS) is 11.2. The third kappa shape index (κ3) is 2.50. The number of carboxylic acids is 1. The Morgan fingerprint density at radius 1 is 1.04 bits per heavy atom. The van der Waals surface area contributed by atoms with Crippen LogP contribution in [0.5, 0.6) is 17.2 Å². The van der Waals surface area contributed by atoms with E-state index >= 15 is 0 Å². The number of carboxylic acid groups (broad SMARTS) is 1. The number of aliphatic carboxylic acids is 1. The number of phenols is 3. The lowest BCUT2D eigenvalue weighted by Gasteiger charge is -2.16. The molecule has 0 spiro atoms. The van der Waals surface area contributed by atoms with Gasteiger partial charge in [-0.1, -0.05) is 0 Å². The first kappa shape index (κ1) is 15.7. The molecule has 24 heavy (non-hydrogen) atoms. The maximum atomic E-state index is 11.6. The summed E-state index contributed by atoms with van der Waals surface area (Å²) in [6, 6.07) is 5.51. The smallest absolute Gasteiger partial charge is 0.303 e. The SMILES string of the molecule is O=C(O)CCCc1c2ccc(=O)c(O)c-2oc2c(O)c(O)ccc12. The second kappa shape index (κ2) is 5.77. The number of phenolic OH excluding ortho intramolecular Hbond substituents is 3. The van der Waals surface area contributed by atoms with Gasteiger partial charge < -0.3 is 24.8 Å². The highest BCUT2D eigenvalue weighted by Gasteiger charge is 2.22. The second-order valence-corrected chi connectivity index (χ2v) is 5.43. The fraction of sp³-hybridized carbons (Fsp3) is 0.176. The molecule has 0 atom stereocenters. The lowest BCUT2D eigenvalue weighted by molar-refractivity contribution is -0.137. The van der Waals surface area contributed by atoms with Gasteiger partial charge in [0.15, 0.2) is 17.1 Å². The van der Waals surface area contributed by atoms with Gasteiger partial charge in [0.2, 0.25) is 16.9 Å². The average Bonchev–Trinajstić information content (AvgIpc) is 2.54. The van der Waals surface area contributed by atoms with Crippen LogP contribution in [0.3, 0.4) is 0 Å².